The van der Waals surface area contributed by atoms with Crippen molar-refractivity contribution in [2.75, 3.05) is 13.7 Å². The lowest BCUT2D eigenvalue weighted by molar-refractivity contribution is 0.154. The predicted octanol–water partition coefficient (Wildman–Crippen LogP) is 4.29. The fourth-order valence-corrected chi connectivity index (χ4v) is 4.56. The summed E-state index contributed by atoms with van der Waals surface area (Å²) < 4.78 is 6.59. The summed E-state index contributed by atoms with van der Waals surface area (Å²) in [6.07, 6.45) is 6.18. The molecule has 0 radical (unpaired) electrons. The first-order valence-corrected chi connectivity index (χ1v) is 8.38. The smallest absolute Gasteiger partial charge is 0.0704 e. The van der Waals surface area contributed by atoms with Crippen LogP contribution in [0, 0.1) is 0 Å². The van der Waals surface area contributed by atoms with E-state index in [0.717, 1.165) is 6.61 Å². The molecule has 4 heteroatoms. The topological polar surface area (TPSA) is 21.3 Å². The summed E-state index contributed by atoms with van der Waals surface area (Å²) in [5, 5.41) is 3.79. The fraction of sp³-hybridized carbons (Fsp3) is 0.714. The minimum atomic E-state index is 0.481. The largest absolute Gasteiger partial charge is 0.383 e. The van der Waals surface area contributed by atoms with Gasteiger partial charge in [-0.05, 0) is 53.2 Å². The monoisotopic (exact) mass is 331 g/mol. The third-order valence-corrected chi connectivity index (χ3v) is 5.24. The van der Waals surface area contributed by atoms with Crippen LogP contribution >= 0.6 is 27.3 Å². The van der Waals surface area contributed by atoms with Crippen LogP contribution in [0.5, 0.6) is 0 Å². The Kier molecular flexibility index (Phi) is 5.67. The highest BCUT2D eigenvalue weighted by molar-refractivity contribution is 9.11. The number of thiophene rings is 1. The highest BCUT2D eigenvalue weighted by atomic mass is 79.9. The average Bonchev–Trinajstić information content (AvgIpc) is 2.71. The highest BCUT2D eigenvalue weighted by Crippen LogP contribution is 2.38. The first-order valence-electron chi connectivity index (χ1n) is 6.77. The molecular weight excluding hydrogens is 310 g/mol. The number of methoxy groups -OCH3 is 1. The molecule has 18 heavy (non-hydrogen) atoms. The van der Waals surface area contributed by atoms with Crippen LogP contribution in [-0.2, 0) is 11.2 Å². The zero-order valence-corrected chi connectivity index (χ0v) is 13.6. The molecule has 2 atom stereocenters. The van der Waals surface area contributed by atoms with E-state index >= 15 is 0 Å². The molecule has 102 valence electrons. The number of hydrogen-bond acceptors (Lipinski definition) is 3. The molecule has 2 unspecified atom stereocenters. The van der Waals surface area contributed by atoms with Gasteiger partial charge >= 0.3 is 0 Å². The van der Waals surface area contributed by atoms with E-state index in [9.17, 15) is 0 Å². The summed E-state index contributed by atoms with van der Waals surface area (Å²) in [5.41, 5.74) is 1.51. The van der Waals surface area contributed by atoms with Crippen LogP contribution in [0.25, 0.3) is 0 Å². The second kappa shape index (κ2) is 7.04. The van der Waals surface area contributed by atoms with Crippen molar-refractivity contribution < 1.29 is 4.74 Å². The summed E-state index contributed by atoms with van der Waals surface area (Å²) in [4.78, 5) is 1.55. The van der Waals surface area contributed by atoms with Gasteiger partial charge in [-0.3, -0.25) is 0 Å². The molecule has 2 rings (SSSR count). The Morgan fingerprint density at radius 1 is 1.61 bits per heavy atom. The van der Waals surface area contributed by atoms with Crippen molar-refractivity contribution in [3.8, 4) is 0 Å². The molecule has 0 aromatic carbocycles. The summed E-state index contributed by atoms with van der Waals surface area (Å²) in [6.45, 7) is 3.04. The lowest BCUT2D eigenvalue weighted by Gasteiger charge is -2.28. The van der Waals surface area contributed by atoms with Crippen LogP contribution in [0.1, 0.15) is 49.1 Å². The average molecular weight is 332 g/mol. The van der Waals surface area contributed by atoms with Crippen molar-refractivity contribution >= 4 is 27.3 Å². The number of fused-ring (bicyclic) bond motifs is 1. The number of halogens is 1. The summed E-state index contributed by atoms with van der Waals surface area (Å²) >= 11 is 5.51. The van der Waals surface area contributed by atoms with E-state index in [0.29, 0.717) is 12.1 Å². The first kappa shape index (κ1) is 14.5. The van der Waals surface area contributed by atoms with E-state index in [1.807, 2.05) is 11.3 Å². The van der Waals surface area contributed by atoms with Gasteiger partial charge < -0.3 is 10.1 Å². The maximum absolute atomic E-state index is 5.32. The Bertz CT molecular complexity index is 374. The lowest BCUT2D eigenvalue weighted by Crippen LogP contribution is -2.37. The molecule has 1 heterocycles. The lowest BCUT2D eigenvalue weighted by atomic mass is 9.93. The van der Waals surface area contributed by atoms with Gasteiger partial charge in [0.2, 0.25) is 0 Å². The number of nitrogens with one attached hydrogen (secondary N) is 1. The Hall–Kier alpha value is 0.100. The molecule has 0 saturated carbocycles. The van der Waals surface area contributed by atoms with Gasteiger partial charge in [-0.25, -0.2) is 0 Å². The highest BCUT2D eigenvalue weighted by Gasteiger charge is 2.24. The second-order valence-corrected chi connectivity index (χ2v) is 7.50. The molecule has 0 fully saturated rings. The van der Waals surface area contributed by atoms with Crippen LogP contribution in [0.4, 0.5) is 0 Å². The van der Waals surface area contributed by atoms with E-state index in [2.05, 4.69) is 34.2 Å². The van der Waals surface area contributed by atoms with Crippen molar-refractivity contribution in [3.05, 3.63) is 20.3 Å². The Labute approximate surface area is 122 Å². The molecule has 0 bridgehead atoms. The van der Waals surface area contributed by atoms with Gasteiger partial charge in [0, 0.05) is 24.1 Å². The van der Waals surface area contributed by atoms with Crippen LogP contribution in [-0.4, -0.2) is 19.8 Å². The van der Waals surface area contributed by atoms with Gasteiger partial charge in [-0.15, -0.1) is 11.3 Å². The van der Waals surface area contributed by atoms with Gasteiger partial charge in [0.15, 0.2) is 0 Å². The van der Waals surface area contributed by atoms with Crippen molar-refractivity contribution in [2.45, 2.75) is 51.1 Å². The molecule has 2 nitrogen and oxygen atoms in total. The maximum Gasteiger partial charge on any atom is 0.0704 e. The van der Waals surface area contributed by atoms with E-state index < -0.39 is 0 Å². The predicted molar refractivity (Wildman–Crippen MR) is 81.4 cm³/mol. The molecule has 0 spiro atoms. The van der Waals surface area contributed by atoms with Gasteiger partial charge in [0.1, 0.15) is 0 Å². The molecular formula is C14H22BrNOS. The fourth-order valence-electron chi connectivity index (χ4n) is 2.74. The molecule has 1 N–H and O–H groups in total. The van der Waals surface area contributed by atoms with Gasteiger partial charge in [-0.2, -0.15) is 0 Å². The van der Waals surface area contributed by atoms with Gasteiger partial charge in [-0.1, -0.05) is 13.3 Å². The van der Waals surface area contributed by atoms with Crippen molar-refractivity contribution in [1.29, 1.82) is 0 Å². The quantitative estimate of drug-likeness (QED) is 0.839. The molecule has 0 aliphatic heterocycles. The first-order chi connectivity index (χ1) is 8.74. The zero-order valence-electron chi connectivity index (χ0n) is 11.2. The van der Waals surface area contributed by atoms with Crippen molar-refractivity contribution in [1.82, 2.24) is 5.32 Å². The molecule has 0 amide bonds. The second-order valence-electron chi connectivity index (χ2n) is 4.98. The standard InChI is InChI=1S/C14H22BrNOS/c1-3-5-10(9-17-2)16-12-6-4-7-13-11(12)8-14(15)18-13/h8,10,12,16H,3-7,9H2,1-2H3. The van der Waals surface area contributed by atoms with Gasteiger partial charge in [0.25, 0.3) is 0 Å². The minimum absolute atomic E-state index is 0.481. The van der Waals surface area contributed by atoms with Crippen LogP contribution in [0.2, 0.25) is 0 Å². The van der Waals surface area contributed by atoms with Crippen LogP contribution < -0.4 is 5.32 Å². The molecule has 1 aliphatic carbocycles. The normalized spacial score (nSPS) is 20.7. The SMILES string of the molecule is CCCC(COC)NC1CCCc2sc(Br)cc21. The van der Waals surface area contributed by atoms with Crippen molar-refractivity contribution in [2.24, 2.45) is 0 Å². The molecule has 1 aromatic heterocycles. The summed E-state index contributed by atoms with van der Waals surface area (Å²) in [5.74, 6) is 0. The Morgan fingerprint density at radius 3 is 3.17 bits per heavy atom. The zero-order chi connectivity index (χ0) is 13.0. The van der Waals surface area contributed by atoms with E-state index in [1.54, 1.807) is 12.0 Å². The van der Waals surface area contributed by atoms with Crippen molar-refractivity contribution in [3.63, 3.8) is 0 Å². The van der Waals surface area contributed by atoms with E-state index in [-0.39, 0.29) is 0 Å². The Morgan fingerprint density at radius 2 is 2.44 bits per heavy atom. The third kappa shape index (κ3) is 3.56. The van der Waals surface area contributed by atoms with E-state index in [4.69, 9.17) is 4.74 Å². The number of rotatable bonds is 6. The number of hydrogen-bond donors (Lipinski definition) is 1. The molecule has 0 saturated heterocycles. The minimum Gasteiger partial charge on any atom is -0.383 e. The van der Waals surface area contributed by atoms with Crippen LogP contribution in [0.3, 0.4) is 0 Å². The summed E-state index contributed by atoms with van der Waals surface area (Å²) in [6, 6.07) is 3.30. The Balaban J connectivity index is 2.04. The van der Waals surface area contributed by atoms with Crippen LogP contribution in [0.15, 0.2) is 9.85 Å². The maximum atomic E-state index is 5.32. The van der Waals surface area contributed by atoms with Gasteiger partial charge in [0.05, 0.1) is 10.4 Å². The summed E-state index contributed by atoms with van der Waals surface area (Å²) in [7, 11) is 1.79. The number of ether oxygens (including phenoxy) is 1. The molecule has 1 aromatic rings. The molecule has 1 aliphatic rings. The third-order valence-electron chi connectivity index (χ3n) is 3.53. The van der Waals surface area contributed by atoms with E-state index in [1.165, 1.54) is 41.5 Å². The number of aryl methyl sites for hydroxylation is 1.